The molecule has 0 spiro atoms. The molecule has 0 fully saturated rings. The van der Waals surface area contributed by atoms with E-state index in [2.05, 4.69) is 15.6 Å². The van der Waals surface area contributed by atoms with Crippen LogP contribution in [0.3, 0.4) is 0 Å². The number of nitrogens with one attached hydrogen (secondary N) is 2. The zero-order valence-corrected chi connectivity index (χ0v) is 13.2. The average Bonchev–Trinajstić information content (AvgIpc) is 2.63. The zero-order valence-electron chi connectivity index (χ0n) is 13.2. The minimum Gasteiger partial charge on any atom is -0.383 e. The zero-order chi connectivity index (χ0) is 16.0. The van der Waals surface area contributed by atoms with Crippen molar-refractivity contribution in [2.75, 3.05) is 19.6 Å². The first-order valence-electron chi connectivity index (χ1n) is 8.10. The molecule has 23 heavy (non-hydrogen) atoms. The van der Waals surface area contributed by atoms with E-state index in [0.29, 0.717) is 13.0 Å². The Kier molecular flexibility index (Phi) is 4.93. The number of aliphatic imine (C=N–C) groups is 1. The van der Waals surface area contributed by atoms with Gasteiger partial charge in [0.1, 0.15) is 5.60 Å². The summed E-state index contributed by atoms with van der Waals surface area (Å²) in [7, 11) is 0. The van der Waals surface area contributed by atoms with E-state index in [0.717, 1.165) is 36.6 Å². The molecule has 1 unspecified atom stereocenters. The van der Waals surface area contributed by atoms with Crippen molar-refractivity contribution in [2.24, 2.45) is 4.99 Å². The lowest BCUT2D eigenvalue weighted by Crippen LogP contribution is -2.48. The van der Waals surface area contributed by atoms with Gasteiger partial charge < -0.3 is 15.7 Å². The predicted octanol–water partition coefficient (Wildman–Crippen LogP) is 2.06. The molecule has 1 heterocycles. The Labute approximate surface area is 137 Å². The van der Waals surface area contributed by atoms with Crippen molar-refractivity contribution in [3.05, 3.63) is 71.8 Å². The van der Waals surface area contributed by atoms with Crippen molar-refractivity contribution in [3.8, 4) is 0 Å². The van der Waals surface area contributed by atoms with Crippen LogP contribution in [0.5, 0.6) is 0 Å². The molecular weight excluding hydrogens is 286 g/mol. The molecule has 0 saturated heterocycles. The van der Waals surface area contributed by atoms with E-state index < -0.39 is 5.60 Å². The van der Waals surface area contributed by atoms with Gasteiger partial charge >= 0.3 is 0 Å². The van der Waals surface area contributed by atoms with Gasteiger partial charge in [-0.15, -0.1) is 0 Å². The molecule has 0 amide bonds. The van der Waals surface area contributed by atoms with Crippen LogP contribution < -0.4 is 10.6 Å². The van der Waals surface area contributed by atoms with Crippen LogP contribution in [0.4, 0.5) is 0 Å². The van der Waals surface area contributed by atoms with E-state index in [-0.39, 0.29) is 0 Å². The van der Waals surface area contributed by atoms with Gasteiger partial charge in [0, 0.05) is 19.5 Å². The third-order valence-electron chi connectivity index (χ3n) is 4.10. The molecule has 0 bridgehead atoms. The number of nitrogens with zero attached hydrogens (tertiary/aromatic N) is 1. The Balaban J connectivity index is 1.79. The molecule has 2 aromatic carbocycles. The van der Waals surface area contributed by atoms with Crippen molar-refractivity contribution in [1.29, 1.82) is 0 Å². The van der Waals surface area contributed by atoms with Gasteiger partial charge in [0.05, 0.1) is 6.54 Å². The van der Waals surface area contributed by atoms with E-state index in [1.165, 1.54) is 0 Å². The molecule has 4 nitrogen and oxygen atoms in total. The largest absolute Gasteiger partial charge is 0.383 e. The summed E-state index contributed by atoms with van der Waals surface area (Å²) in [5.41, 5.74) is 1.04. The van der Waals surface area contributed by atoms with E-state index in [1.807, 2.05) is 60.7 Å². The van der Waals surface area contributed by atoms with Crippen molar-refractivity contribution in [1.82, 2.24) is 10.6 Å². The van der Waals surface area contributed by atoms with Gasteiger partial charge in [0.15, 0.2) is 5.96 Å². The number of benzene rings is 2. The quantitative estimate of drug-likeness (QED) is 0.792. The Morgan fingerprint density at radius 1 is 1.04 bits per heavy atom. The molecule has 1 aliphatic rings. The fourth-order valence-electron chi connectivity index (χ4n) is 2.83. The molecule has 0 aliphatic carbocycles. The lowest BCUT2D eigenvalue weighted by atomic mass is 9.87. The van der Waals surface area contributed by atoms with E-state index in [1.54, 1.807) is 0 Å². The lowest BCUT2D eigenvalue weighted by molar-refractivity contribution is 0.0413. The third-order valence-corrected chi connectivity index (χ3v) is 4.10. The smallest absolute Gasteiger partial charge is 0.191 e. The van der Waals surface area contributed by atoms with Gasteiger partial charge in [-0.3, -0.25) is 4.99 Å². The van der Waals surface area contributed by atoms with Gasteiger partial charge in [-0.2, -0.15) is 0 Å². The highest BCUT2D eigenvalue weighted by atomic mass is 16.3. The van der Waals surface area contributed by atoms with Crippen LogP contribution in [0.25, 0.3) is 0 Å². The van der Waals surface area contributed by atoms with Crippen molar-refractivity contribution in [2.45, 2.75) is 18.4 Å². The first-order chi connectivity index (χ1) is 11.3. The van der Waals surface area contributed by atoms with E-state index >= 15 is 0 Å². The van der Waals surface area contributed by atoms with E-state index in [4.69, 9.17) is 0 Å². The number of hydrogen-bond donors (Lipinski definition) is 3. The van der Waals surface area contributed by atoms with Crippen LogP contribution in [-0.2, 0) is 12.0 Å². The number of guanidine groups is 1. The monoisotopic (exact) mass is 309 g/mol. The van der Waals surface area contributed by atoms with Crippen LogP contribution >= 0.6 is 0 Å². The van der Waals surface area contributed by atoms with Crippen LogP contribution in [0, 0.1) is 0 Å². The average molecular weight is 309 g/mol. The van der Waals surface area contributed by atoms with Gasteiger partial charge in [-0.1, -0.05) is 60.7 Å². The predicted molar refractivity (Wildman–Crippen MR) is 93.4 cm³/mol. The van der Waals surface area contributed by atoms with Gasteiger partial charge in [-0.05, 0) is 17.5 Å². The molecule has 2 aromatic rings. The second kappa shape index (κ2) is 7.29. The summed E-state index contributed by atoms with van der Waals surface area (Å²) in [6.07, 6.45) is 1.61. The summed E-state index contributed by atoms with van der Waals surface area (Å²) in [5.74, 6) is 0.777. The SMILES string of the molecule is OC(CNC1=NCCCN1)(Cc1ccccc1)c1ccccc1. The van der Waals surface area contributed by atoms with Gasteiger partial charge in [0.2, 0.25) is 0 Å². The first kappa shape index (κ1) is 15.6. The van der Waals surface area contributed by atoms with Gasteiger partial charge in [-0.25, -0.2) is 0 Å². The summed E-state index contributed by atoms with van der Waals surface area (Å²) in [6.45, 7) is 2.17. The molecular formula is C19H23N3O. The lowest BCUT2D eigenvalue weighted by Gasteiger charge is -2.30. The number of aliphatic hydroxyl groups is 1. The Hall–Kier alpha value is -2.33. The highest BCUT2D eigenvalue weighted by molar-refractivity contribution is 5.80. The van der Waals surface area contributed by atoms with Crippen LogP contribution in [0.2, 0.25) is 0 Å². The standard InChI is InChI=1S/C19H23N3O/c23-19(17-10-5-2-6-11-17,14-16-8-3-1-4-9-16)15-22-18-20-12-7-13-21-18/h1-6,8-11,23H,7,12-15H2,(H2,20,21,22). The van der Waals surface area contributed by atoms with E-state index in [9.17, 15) is 5.11 Å². The fraction of sp³-hybridized carbons (Fsp3) is 0.316. The third kappa shape index (κ3) is 4.11. The second-order valence-electron chi connectivity index (χ2n) is 5.92. The van der Waals surface area contributed by atoms with Gasteiger partial charge in [0.25, 0.3) is 0 Å². The molecule has 0 radical (unpaired) electrons. The molecule has 4 heteroatoms. The summed E-state index contributed by atoms with van der Waals surface area (Å²) in [5, 5.41) is 17.8. The second-order valence-corrected chi connectivity index (χ2v) is 5.92. The summed E-state index contributed by atoms with van der Waals surface area (Å²) >= 11 is 0. The summed E-state index contributed by atoms with van der Waals surface area (Å²) < 4.78 is 0. The fourth-order valence-corrected chi connectivity index (χ4v) is 2.83. The van der Waals surface area contributed by atoms with Crippen molar-refractivity contribution < 1.29 is 5.11 Å². The van der Waals surface area contributed by atoms with Crippen LogP contribution in [0.15, 0.2) is 65.7 Å². The minimum absolute atomic E-state index is 0.414. The summed E-state index contributed by atoms with van der Waals surface area (Å²) in [6, 6.07) is 19.9. The van der Waals surface area contributed by atoms with Crippen LogP contribution in [0.1, 0.15) is 17.5 Å². The summed E-state index contributed by atoms with van der Waals surface area (Å²) in [4.78, 5) is 4.42. The van der Waals surface area contributed by atoms with Crippen LogP contribution in [-0.4, -0.2) is 30.7 Å². The maximum atomic E-state index is 11.3. The normalized spacial score (nSPS) is 16.8. The molecule has 3 N–H and O–H groups in total. The molecule has 120 valence electrons. The molecule has 3 rings (SSSR count). The Morgan fingerprint density at radius 2 is 1.74 bits per heavy atom. The Morgan fingerprint density at radius 3 is 2.39 bits per heavy atom. The molecule has 1 atom stereocenters. The molecule has 0 saturated carbocycles. The highest BCUT2D eigenvalue weighted by Gasteiger charge is 2.30. The maximum Gasteiger partial charge on any atom is 0.191 e. The number of rotatable bonds is 5. The molecule has 1 aliphatic heterocycles. The Bertz CT molecular complexity index is 642. The molecule has 0 aromatic heterocycles. The topological polar surface area (TPSA) is 56.6 Å². The first-order valence-corrected chi connectivity index (χ1v) is 8.10. The highest BCUT2D eigenvalue weighted by Crippen LogP contribution is 2.25. The minimum atomic E-state index is -0.982. The maximum absolute atomic E-state index is 11.3. The number of hydrogen-bond acceptors (Lipinski definition) is 4. The van der Waals surface area contributed by atoms with Crippen molar-refractivity contribution in [3.63, 3.8) is 0 Å². The van der Waals surface area contributed by atoms with Crippen molar-refractivity contribution >= 4 is 5.96 Å².